The lowest BCUT2D eigenvalue weighted by atomic mass is 10.3. The van der Waals surface area contributed by atoms with E-state index in [0.717, 1.165) is 25.2 Å². The van der Waals surface area contributed by atoms with Crippen LogP contribution < -0.4 is 11.5 Å². The van der Waals surface area contributed by atoms with Crippen LogP contribution in [-0.4, -0.2) is 15.5 Å². The molecule has 1 aromatic rings. The van der Waals surface area contributed by atoms with E-state index in [2.05, 4.69) is 4.98 Å². The van der Waals surface area contributed by atoms with Crippen LogP contribution in [0.2, 0.25) is 0 Å². The van der Waals surface area contributed by atoms with Gasteiger partial charge in [0, 0.05) is 13.0 Å². The Labute approximate surface area is 69.4 Å². The van der Waals surface area contributed by atoms with E-state index in [1.165, 1.54) is 0 Å². The molecule has 0 fully saturated rings. The maximum Gasteiger partial charge on any atom is 0.271 e. The number of aromatic nitrogens is 2. The highest BCUT2D eigenvalue weighted by molar-refractivity contribution is 5.95. The molecule has 5 nitrogen and oxygen atoms in total. The van der Waals surface area contributed by atoms with Crippen molar-refractivity contribution >= 4 is 11.7 Å². The number of rotatable bonds is 1. The first-order chi connectivity index (χ1) is 5.70. The average molecular weight is 166 g/mol. The van der Waals surface area contributed by atoms with Gasteiger partial charge in [0.25, 0.3) is 5.91 Å². The third-order valence-corrected chi connectivity index (χ3v) is 2.10. The smallest absolute Gasteiger partial charge is 0.271 e. The van der Waals surface area contributed by atoms with Gasteiger partial charge in [-0.3, -0.25) is 4.79 Å². The zero-order chi connectivity index (χ0) is 8.72. The number of nitrogen functional groups attached to an aromatic ring is 1. The predicted octanol–water partition coefficient (Wildman–Crippen LogP) is -0.490. The molecule has 0 aliphatic carbocycles. The van der Waals surface area contributed by atoms with Gasteiger partial charge in [-0.25, -0.2) is 4.98 Å². The van der Waals surface area contributed by atoms with Crippen LogP contribution in [0.25, 0.3) is 0 Å². The molecule has 12 heavy (non-hydrogen) atoms. The zero-order valence-electron chi connectivity index (χ0n) is 6.58. The molecule has 64 valence electrons. The lowest BCUT2D eigenvalue weighted by molar-refractivity contribution is 0.0996. The number of nitrogens with zero attached hydrogens (tertiary/aromatic N) is 2. The van der Waals surface area contributed by atoms with Gasteiger partial charge in [-0.2, -0.15) is 0 Å². The molecule has 1 aliphatic heterocycles. The molecule has 2 heterocycles. The number of anilines is 1. The van der Waals surface area contributed by atoms with Gasteiger partial charge in [0.05, 0.1) is 0 Å². The van der Waals surface area contributed by atoms with Gasteiger partial charge in [-0.15, -0.1) is 0 Å². The van der Waals surface area contributed by atoms with Crippen molar-refractivity contribution in [2.24, 2.45) is 5.73 Å². The maximum atomic E-state index is 10.8. The van der Waals surface area contributed by atoms with Crippen molar-refractivity contribution in [1.29, 1.82) is 0 Å². The number of hydrogen-bond acceptors (Lipinski definition) is 3. The number of amides is 1. The normalized spacial score (nSPS) is 14.7. The van der Waals surface area contributed by atoms with Gasteiger partial charge >= 0.3 is 0 Å². The summed E-state index contributed by atoms with van der Waals surface area (Å²) in [7, 11) is 0. The summed E-state index contributed by atoms with van der Waals surface area (Å²) in [5.41, 5.74) is 10.9. The Bertz CT molecular complexity index is 341. The Morgan fingerprint density at radius 1 is 1.58 bits per heavy atom. The second-order valence-electron chi connectivity index (χ2n) is 2.88. The summed E-state index contributed by atoms with van der Waals surface area (Å²) in [6.07, 6.45) is 1.93. The van der Waals surface area contributed by atoms with Crippen molar-refractivity contribution < 1.29 is 4.79 Å². The fourth-order valence-corrected chi connectivity index (χ4v) is 1.53. The number of hydrogen-bond donors (Lipinski definition) is 2. The van der Waals surface area contributed by atoms with Crippen LogP contribution in [-0.2, 0) is 13.0 Å². The summed E-state index contributed by atoms with van der Waals surface area (Å²) in [5.74, 6) is 0.741. The van der Waals surface area contributed by atoms with Crippen LogP contribution in [0.15, 0.2) is 0 Å². The quantitative estimate of drug-likeness (QED) is 0.590. The van der Waals surface area contributed by atoms with Crippen LogP contribution in [0, 0.1) is 0 Å². The Kier molecular flexibility index (Phi) is 1.33. The van der Waals surface area contributed by atoms with E-state index in [9.17, 15) is 4.79 Å². The fourth-order valence-electron chi connectivity index (χ4n) is 1.53. The van der Waals surface area contributed by atoms with E-state index in [0.29, 0.717) is 5.82 Å². The zero-order valence-corrected chi connectivity index (χ0v) is 6.58. The minimum Gasteiger partial charge on any atom is -0.383 e. The second kappa shape index (κ2) is 2.23. The molecule has 0 radical (unpaired) electrons. The van der Waals surface area contributed by atoms with Crippen molar-refractivity contribution in [1.82, 2.24) is 9.55 Å². The Morgan fingerprint density at radius 2 is 2.33 bits per heavy atom. The second-order valence-corrected chi connectivity index (χ2v) is 2.88. The van der Waals surface area contributed by atoms with Crippen LogP contribution in [0.4, 0.5) is 5.82 Å². The minimum atomic E-state index is -0.547. The number of carbonyl (C=O) groups is 1. The van der Waals surface area contributed by atoms with Gasteiger partial charge in [-0.1, -0.05) is 0 Å². The fraction of sp³-hybridized carbons (Fsp3) is 0.429. The van der Waals surface area contributed by atoms with Gasteiger partial charge in [0.2, 0.25) is 0 Å². The third-order valence-electron chi connectivity index (χ3n) is 2.10. The number of carbonyl (C=O) groups excluding carboxylic acids is 1. The van der Waals surface area contributed by atoms with Gasteiger partial charge in [0.15, 0.2) is 5.69 Å². The molecule has 0 saturated carbocycles. The summed E-state index contributed by atoms with van der Waals surface area (Å²) in [6.45, 7) is 0.849. The van der Waals surface area contributed by atoms with Crippen LogP contribution >= 0.6 is 0 Å². The Hall–Kier alpha value is -1.52. The lowest BCUT2D eigenvalue weighted by Gasteiger charge is -1.97. The maximum absolute atomic E-state index is 10.8. The highest BCUT2D eigenvalue weighted by atomic mass is 16.1. The first kappa shape index (κ1) is 7.15. The predicted molar refractivity (Wildman–Crippen MR) is 43.5 cm³/mol. The molecule has 1 aromatic heterocycles. The lowest BCUT2D eigenvalue weighted by Crippen LogP contribution is -2.14. The van der Waals surface area contributed by atoms with Crippen molar-refractivity contribution in [3.05, 3.63) is 11.5 Å². The molecule has 1 amide bonds. The molecule has 0 aromatic carbocycles. The summed E-state index contributed by atoms with van der Waals surface area (Å²) in [4.78, 5) is 14.8. The minimum absolute atomic E-state index is 0.213. The number of nitrogens with two attached hydrogens (primary N) is 2. The molecular weight excluding hydrogens is 156 g/mol. The molecule has 1 aliphatic rings. The monoisotopic (exact) mass is 166 g/mol. The summed E-state index contributed by atoms with van der Waals surface area (Å²) in [6, 6.07) is 0. The van der Waals surface area contributed by atoms with E-state index in [1.807, 2.05) is 4.57 Å². The topological polar surface area (TPSA) is 86.9 Å². The highest BCUT2D eigenvalue weighted by Gasteiger charge is 2.21. The molecule has 0 atom stereocenters. The van der Waals surface area contributed by atoms with Crippen molar-refractivity contribution in [3.8, 4) is 0 Å². The third kappa shape index (κ3) is 0.792. The molecule has 2 rings (SSSR count). The van der Waals surface area contributed by atoms with Crippen molar-refractivity contribution in [2.75, 3.05) is 5.73 Å². The van der Waals surface area contributed by atoms with E-state index >= 15 is 0 Å². The SMILES string of the molecule is NC(=O)c1nc2n(c1N)CCC2. The largest absolute Gasteiger partial charge is 0.383 e. The van der Waals surface area contributed by atoms with E-state index in [1.54, 1.807) is 0 Å². The molecular formula is C7H10N4O. The van der Waals surface area contributed by atoms with Crippen LogP contribution in [0.1, 0.15) is 22.7 Å². The number of imidazole rings is 1. The Balaban J connectivity index is 2.54. The van der Waals surface area contributed by atoms with E-state index in [-0.39, 0.29) is 5.69 Å². The summed E-state index contributed by atoms with van der Waals surface area (Å²) < 4.78 is 1.85. The van der Waals surface area contributed by atoms with Gasteiger partial charge < -0.3 is 16.0 Å². The molecule has 0 spiro atoms. The molecule has 0 unspecified atom stereocenters. The molecule has 0 bridgehead atoms. The number of fused-ring (bicyclic) bond motifs is 1. The summed E-state index contributed by atoms with van der Waals surface area (Å²) >= 11 is 0. The van der Waals surface area contributed by atoms with E-state index < -0.39 is 5.91 Å². The summed E-state index contributed by atoms with van der Waals surface area (Å²) in [5, 5.41) is 0. The van der Waals surface area contributed by atoms with Gasteiger partial charge in [-0.05, 0) is 6.42 Å². The standard InChI is InChI=1S/C7H10N4O/c8-6-5(7(9)12)10-4-2-1-3-11(4)6/h1-3,8H2,(H2,9,12). The van der Waals surface area contributed by atoms with Crippen molar-refractivity contribution in [2.45, 2.75) is 19.4 Å². The molecule has 4 N–H and O–H groups in total. The number of aryl methyl sites for hydroxylation is 1. The van der Waals surface area contributed by atoms with Crippen molar-refractivity contribution in [3.63, 3.8) is 0 Å². The average Bonchev–Trinajstić information content (AvgIpc) is 2.53. The van der Waals surface area contributed by atoms with E-state index in [4.69, 9.17) is 11.5 Å². The highest BCUT2D eigenvalue weighted by Crippen LogP contribution is 2.21. The Morgan fingerprint density at radius 3 is 2.92 bits per heavy atom. The first-order valence-corrected chi connectivity index (χ1v) is 3.85. The molecule has 5 heteroatoms. The first-order valence-electron chi connectivity index (χ1n) is 3.85. The van der Waals surface area contributed by atoms with Gasteiger partial charge in [0.1, 0.15) is 11.6 Å². The molecule has 0 saturated heterocycles. The van der Waals surface area contributed by atoms with Crippen LogP contribution in [0.3, 0.4) is 0 Å². The van der Waals surface area contributed by atoms with Crippen LogP contribution in [0.5, 0.6) is 0 Å². The number of primary amides is 1.